The number of ether oxygens (including phenoxy) is 1. The highest BCUT2D eigenvalue weighted by Crippen LogP contribution is 2.23. The first-order valence-corrected chi connectivity index (χ1v) is 10.8. The van der Waals surface area contributed by atoms with Crippen LogP contribution in [-0.4, -0.2) is 39.3 Å². The van der Waals surface area contributed by atoms with Crippen molar-refractivity contribution < 1.29 is 26.7 Å². The van der Waals surface area contributed by atoms with Crippen LogP contribution in [0.3, 0.4) is 0 Å². The molecule has 0 saturated heterocycles. The molecule has 2 aromatic rings. The highest BCUT2D eigenvalue weighted by molar-refractivity contribution is 7.92. The van der Waals surface area contributed by atoms with Gasteiger partial charge in [0.2, 0.25) is 15.9 Å². The number of hydrogen-bond donors (Lipinski definition) is 1. The van der Waals surface area contributed by atoms with Crippen LogP contribution in [0.2, 0.25) is 0 Å². The van der Waals surface area contributed by atoms with E-state index in [-0.39, 0.29) is 12.3 Å². The Morgan fingerprint density at radius 3 is 2.38 bits per heavy atom. The van der Waals surface area contributed by atoms with E-state index in [1.165, 1.54) is 6.92 Å². The van der Waals surface area contributed by atoms with Crippen LogP contribution in [0.1, 0.15) is 19.4 Å². The van der Waals surface area contributed by atoms with Crippen molar-refractivity contribution in [2.45, 2.75) is 32.9 Å². The summed E-state index contributed by atoms with van der Waals surface area (Å²) in [5, 5.41) is 2.68. The van der Waals surface area contributed by atoms with Gasteiger partial charge in [-0.25, -0.2) is 17.2 Å². The number of nitrogens with one attached hydrogen (secondary N) is 1. The van der Waals surface area contributed by atoms with Crippen LogP contribution in [0.25, 0.3) is 0 Å². The number of benzene rings is 2. The van der Waals surface area contributed by atoms with Gasteiger partial charge in [0, 0.05) is 6.07 Å². The molecule has 0 saturated carbocycles. The fourth-order valence-corrected chi connectivity index (χ4v) is 3.94. The monoisotopic (exact) mass is 426 g/mol. The van der Waals surface area contributed by atoms with Crippen molar-refractivity contribution in [3.8, 4) is 5.75 Å². The Hall–Kier alpha value is -2.68. The van der Waals surface area contributed by atoms with Gasteiger partial charge in [-0.15, -0.1) is 0 Å². The van der Waals surface area contributed by atoms with Crippen molar-refractivity contribution in [1.82, 2.24) is 5.32 Å². The third-order valence-electron chi connectivity index (χ3n) is 4.22. The molecular formula is C20H24F2N2O4S. The van der Waals surface area contributed by atoms with Crippen molar-refractivity contribution in [2.75, 3.05) is 17.2 Å². The van der Waals surface area contributed by atoms with Gasteiger partial charge in [0.05, 0.1) is 18.0 Å². The summed E-state index contributed by atoms with van der Waals surface area (Å²) < 4.78 is 57.6. The smallest absolute Gasteiger partial charge is 0.243 e. The lowest BCUT2D eigenvalue weighted by molar-refractivity contribution is -0.122. The standard InChI is InChI=1S/C20H24F2N2O4S/c1-13-7-5-6-8-19(13)28-12-14(2)23-20(25)15(3)24(29(4,26)27)16-9-10-17(21)18(22)11-16/h5-11,14-15H,12H2,1-4H3,(H,23,25)/t14-,15-/m0/s1. The summed E-state index contributed by atoms with van der Waals surface area (Å²) in [7, 11) is -3.94. The minimum absolute atomic E-state index is 0.141. The molecule has 158 valence electrons. The summed E-state index contributed by atoms with van der Waals surface area (Å²) in [6, 6.07) is 8.47. The number of carbonyl (C=O) groups excluding carboxylic acids is 1. The van der Waals surface area contributed by atoms with Crippen molar-refractivity contribution in [3.05, 3.63) is 59.7 Å². The number of sulfonamides is 1. The first kappa shape index (κ1) is 22.6. The predicted octanol–water partition coefficient (Wildman–Crippen LogP) is 3.01. The number of halogens is 2. The summed E-state index contributed by atoms with van der Waals surface area (Å²) in [6.07, 6.45) is 0.892. The van der Waals surface area contributed by atoms with E-state index in [4.69, 9.17) is 4.74 Å². The minimum atomic E-state index is -3.94. The van der Waals surface area contributed by atoms with Crippen LogP contribution >= 0.6 is 0 Å². The molecule has 2 rings (SSSR count). The lowest BCUT2D eigenvalue weighted by atomic mass is 10.2. The average Bonchev–Trinajstić information content (AvgIpc) is 2.63. The maximum atomic E-state index is 13.6. The van der Waals surface area contributed by atoms with E-state index < -0.39 is 39.6 Å². The molecule has 0 heterocycles. The highest BCUT2D eigenvalue weighted by atomic mass is 32.2. The first-order chi connectivity index (χ1) is 13.5. The third kappa shape index (κ3) is 5.90. The second kappa shape index (κ2) is 9.21. The van der Waals surface area contributed by atoms with E-state index in [0.717, 1.165) is 34.3 Å². The molecule has 0 aromatic heterocycles. The number of anilines is 1. The summed E-state index contributed by atoms with van der Waals surface area (Å²) >= 11 is 0. The molecule has 0 bridgehead atoms. The second-order valence-electron chi connectivity index (χ2n) is 6.82. The molecule has 0 radical (unpaired) electrons. The van der Waals surface area contributed by atoms with Gasteiger partial charge in [-0.05, 0) is 44.5 Å². The van der Waals surface area contributed by atoms with Gasteiger partial charge in [-0.2, -0.15) is 0 Å². The molecule has 0 aliphatic carbocycles. The van der Waals surface area contributed by atoms with Crippen LogP contribution in [0.5, 0.6) is 5.75 Å². The maximum absolute atomic E-state index is 13.6. The zero-order valence-corrected chi connectivity index (χ0v) is 17.5. The largest absolute Gasteiger partial charge is 0.491 e. The molecule has 2 aromatic carbocycles. The number of para-hydroxylation sites is 1. The van der Waals surface area contributed by atoms with Crippen LogP contribution in [0.15, 0.2) is 42.5 Å². The lowest BCUT2D eigenvalue weighted by Crippen LogP contribution is -2.50. The maximum Gasteiger partial charge on any atom is 0.243 e. The van der Waals surface area contributed by atoms with Gasteiger partial charge >= 0.3 is 0 Å². The van der Waals surface area contributed by atoms with Gasteiger partial charge in [-0.3, -0.25) is 9.10 Å². The van der Waals surface area contributed by atoms with Gasteiger partial charge in [-0.1, -0.05) is 18.2 Å². The van der Waals surface area contributed by atoms with E-state index in [9.17, 15) is 22.0 Å². The van der Waals surface area contributed by atoms with Gasteiger partial charge in [0.25, 0.3) is 0 Å². The number of nitrogens with zero attached hydrogens (tertiary/aromatic N) is 1. The second-order valence-corrected chi connectivity index (χ2v) is 8.68. The Morgan fingerprint density at radius 2 is 1.79 bits per heavy atom. The fourth-order valence-electron chi connectivity index (χ4n) is 2.77. The van der Waals surface area contributed by atoms with Gasteiger partial charge in [0.1, 0.15) is 18.4 Å². The average molecular weight is 426 g/mol. The van der Waals surface area contributed by atoms with E-state index in [0.29, 0.717) is 5.75 Å². The van der Waals surface area contributed by atoms with Crippen LogP contribution in [-0.2, 0) is 14.8 Å². The van der Waals surface area contributed by atoms with E-state index in [1.807, 2.05) is 25.1 Å². The van der Waals surface area contributed by atoms with Crippen molar-refractivity contribution in [1.29, 1.82) is 0 Å². The topological polar surface area (TPSA) is 75.7 Å². The molecular weight excluding hydrogens is 402 g/mol. The van der Waals surface area contributed by atoms with Gasteiger partial charge < -0.3 is 10.1 Å². The first-order valence-electron chi connectivity index (χ1n) is 8.94. The van der Waals surface area contributed by atoms with Crippen LogP contribution < -0.4 is 14.4 Å². The molecule has 9 heteroatoms. The number of carbonyl (C=O) groups is 1. The van der Waals surface area contributed by atoms with E-state index >= 15 is 0 Å². The summed E-state index contributed by atoms with van der Waals surface area (Å²) in [6.45, 7) is 5.15. The number of rotatable bonds is 8. The number of aryl methyl sites for hydroxylation is 1. The normalized spacial score (nSPS) is 13.4. The predicted molar refractivity (Wildman–Crippen MR) is 107 cm³/mol. The molecule has 0 fully saturated rings. The van der Waals surface area contributed by atoms with Crippen LogP contribution in [0.4, 0.5) is 14.5 Å². The number of amides is 1. The van der Waals surface area contributed by atoms with Crippen LogP contribution in [0, 0.1) is 18.6 Å². The third-order valence-corrected chi connectivity index (χ3v) is 5.46. The summed E-state index contributed by atoms with van der Waals surface area (Å²) in [4.78, 5) is 12.6. The molecule has 0 aliphatic heterocycles. The Kier molecular flexibility index (Phi) is 7.18. The van der Waals surface area contributed by atoms with Gasteiger partial charge in [0.15, 0.2) is 11.6 Å². The SMILES string of the molecule is Cc1ccccc1OC[C@H](C)NC(=O)[C@H](C)N(c1ccc(F)c(F)c1)S(C)(=O)=O. The Labute approximate surface area is 169 Å². The molecule has 2 atom stereocenters. The molecule has 0 unspecified atom stereocenters. The van der Waals surface area contributed by atoms with Crippen molar-refractivity contribution >= 4 is 21.6 Å². The Balaban J connectivity index is 2.10. The molecule has 0 spiro atoms. The quantitative estimate of drug-likeness (QED) is 0.704. The zero-order chi connectivity index (χ0) is 21.8. The van der Waals surface area contributed by atoms with E-state index in [2.05, 4.69) is 5.32 Å². The van der Waals surface area contributed by atoms with E-state index in [1.54, 1.807) is 13.0 Å². The Morgan fingerprint density at radius 1 is 1.14 bits per heavy atom. The minimum Gasteiger partial charge on any atom is -0.491 e. The summed E-state index contributed by atoms with van der Waals surface area (Å²) in [5.41, 5.74) is 0.804. The number of hydrogen-bond acceptors (Lipinski definition) is 4. The molecule has 1 amide bonds. The highest BCUT2D eigenvalue weighted by Gasteiger charge is 2.30. The molecule has 29 heavy (non-hydrogen) atoms. The molecule has 0 aliphatic rings. The lowest BCUT2D eigenvalue weighted by Gasteiger charge is -2.29. The molecule has 1 N–H and O–H groups in total. The van der Waals surface area contributed by atoms with Crippen molar-refractivity contribution in [2.24, 2.45) is 0 Å². The molecule has 6 nitrogen and oxygen atoms in total. The van der Waals surface area contributed by atoms with Crippen molar-refractivity contribution in [3.63, 3.8) is 0 Å². The Bertz CT molecular complexity index is 982. The zero-order valence-electron chi connectivity index (χ0n) is 16.6. The summed E-state index contributed by atoms with van der Waals surface area (Å²) in [5.74, 6) is -2.23. The fraction of sp³-hybridized carbons (Fsp3) is 0.350.